The molecule has 1 aliphatic rings. The second-order valence-corrected chi connectivity index (χ2v) is 11.4. The fourth-order valence-electron chi connectivity index (χ4n) is 3.79. The van der Waals surface area contributed by atoms with Crippen molar-refractivity contribution in [3.8, 4) is 22.8 Å². The van der Waals surface area contributed by atoms with Crippen molar-refractivity contribution in [3.05, 3.63) is 51.8 Å². The average Bonchev–Trinajstić information content (AvgIpc) is 3.28. The monoisotopic (exact) mass is 512 g/mol. The standard InChI is InChI=1S/C22H22Cl2N2O4S2/c1-29-16-3-4-21(30-2)19(12-16)20-13-31-22(25-20)26-7-5-17(6-8-26)32(27,28)18-10-14(23)9-15(24)11-18/h3-4,9-13,17H,5-8H2,1-2H3. The van der Waals surface area contributed by atoms with Crippen LogP contribution in [-0.4, -0.2) is 46.0 Å². The van der Waals surface area contributed by atoms with E-state index in [0.29, 0.717) is 41.7 Å². The summed E-state index contributed by atoms with van der Waals surface area (Å²) in [6.07, 6.45) is 1.01. The highest BCUT2D eigenvalue weighted by molar-refractivity contribution is 7.92. The van der Waals surface area contributed by atoms with Gasteiger partial charge in [0.2, 0.25) is 0 Å². The van der Waals surface area contributed by atoms with Crippen molar-refractivity contribution in [1.82, 2.24) is 4.98 Å². The zero-order valence-electron chi connectivity index (χ0n) is 17.5. The Bertz CT molecular complexity index is 1200. The molecule has 0 atom stereocenters. The molecule has 3 aromatic rings. The molecule has 1 aromatic heterocycles. The zero-order valence-corrected chi connectivity index (χ0v) is 20.7. The smallest absolute Gasteiger partial charge is 0.185 e. The first-order valence-corrected chi connectivity index (χ1v) is 13.1. The Morgan fingerprint density at radius 2 is 1.72 bits per heavy atom. The zero-order chi connectivity index (χ0) is 22.9. The van der Waals surface area contributed by atoms with Crippen LogP contribution < -0.4 is 14.4 Å². The molecule has 0 saturated carbocycles. The summed E-state index contributed by atoms with van der Waals surface area (Å²) in [5.41, 5.74) is 1.65. The molecular formula is C22H22Cl2N2O4S2. The number of ether oxygens (including phenoxy) is 2. The van der Waals surface area contributed by atoms with Crippen molar-refractivity contribution >= 4 is 49.5 Å². The van der Waals surface area contributed by atoms with Crippen molar-refractivity contribution in [3.63, 3.8) is 0 Å². The number of nitrogens with zero attached hydrogens (tertiary/aromatic N) is 2. The van der Waals surface area contributed by atoms with Gasteiger partial charge in [0.05, 0.1) is 30.1 Å². The third kappa shape index (κ3) is 4.69. The summed E-state index contributed by atoms with van der Waals surface area (Å²) >= 11 is 13.5. The van der Waals surface area contributed by atoms with E-state index in [1.54, 1.807) is 14.2 Å². The Hall–Kier alpha value is -2.00. The van der Waals surface area contributed by atoms with Gasteiger partial charge in [-0.15, -0.1) is 11.3 Å². The molecular weight excluding hydrogens is 491 g/mol. The number of hydrogen-bond donors (Lipinski definition) is 0. The highest BCUT2D eigenvalue weighted by atomic mass is 35.5. The van der Waals surface area contributed by atoms with Gasteiger partial charge in [-0.2, -0.15) is 0 Å². The van der Waals surface area contributed by atoms with Crippen LogP contribution in [0.1, 0.15) is 12.8 Å². The van der Waals surface area contributed by atoms with Crippen molar-refractivity contribution < 1.29 is 17.9 Å². The molecule has 0 N–H and O–H groups in total. The van der Waals surface area contributed by atoms with E-state index >= 15 is 0 Å². The van der Waals surface area contributed by atoms with E-state index in [-0.39, 0.29) is 4.90 Å². The van der Waals surface area contributed by atoms with Gasteiger partial charge in [-0.1, -0.05) is 23.2 Å². The van der Waals surface area contributed by atoms with Gasteiger partial charge < -0.3 is 14.4 Å². The van der Waals surface area contributed by atoms with Gasteiger partial charge in [0, 0.05) is 34.1 Å². The topological polar surface area (TPSA) is 68.7 Å². The van der Waals surface area contributed by atoms with Crippen LogP contribution in [0.15, 0.2) is 46.7 Å². The summed E-state index contributed by atoms with van der Waals surface area (Å²) in [6.45, 7) is 1.20. The highest BCUT2D eigenvalue weighted by Crippen LogP contribution is 2.37. The second kappa shape index (κ2) is 9.47. The molecule has 6 nitrogen and oxygen atoms in total. The first-order valence-electron chi connectivity index (χ1n) is 9.94. The first kappa shape index (κ1) is 23.2. The van der Waals surface area contributed by atoms with Crippen LogP contribution in [0, 0.1) is 0 Å². The molecule has 4 rings (SSSR count). The molecule has 0 radical (unpaired) electrons. The van der Waals surface area contributed by atoms with Gasteiger partial charge >= 0.3 is 0 Å². The Balaban J connectivity index is 1.50. The number of hydrogen-bond acceptors (Lipinski definition) is 7. The third-order valence-corrected chi connectivity index (χ3v) is 9.07. The van der Waals surface area contributed by atoms with Crippen LogP contribution >= 0.6 is 34.5 Å². The lowest BCUT2D eigenvalue weighted by Gasteiger charge is -2.31. The van der Waals surface area contributed by atoms with Crippen LogP contribution in [0.4, 0.5) is 5.13 Å². The average molecular weight is 513 g/mol. The molecule has 0 bridgehead atoms. The Kier molecular flexibility index (Phi) is 6.86. The van der Waals surface area contributed by atoms with Gasteiger partial charge in [-0.25, -0.2) is 13.4 Å². The van der Waals surface area contributed by atoms with Crippen molar-refractivity contribution in [2.45, 2.75) is 23.0 Å². The molecule has 1 aliphatic heterocycles. The lowest BCUT2D eigenvalue weighted by Crippen LogP contribution is -2.39. The number of aromatic nitrogens is 1. The Labute approximate surface area is 201 Å². The predicted molar refractivity (Wildman–Crippen MR) is 130 cm³/mol. The van der Waals surface area contributed by atoms with Crippen LogP contribution in [0.3, 0.4) is 0 Å². The molecule has 0 spiro atoms. The second-order valence-electron chi connectivity index (χ2n) is 7.42. The van der Waals surface area contributed by atoms with E-state index in [1.165, 1.54) is 29.5 Å². The van der Waals surface area contributed by atoms with E-state index in [0.717, 1.165) is 22.1 Å². The number of halogens is 2. The van der Waals surface area contributed by atoms with Crippen molar-refractivity contribution in [2.75, 3.05) is 32.2 Å². The van der Waals surface area contributed by atoms with Gasteiger partial charge in [0.25, 0.3) is 0 Å². The molecule has 1 saturated heterocycles. The van der Waals surface area contributed by atoms with E-state index in [1.807, 2.05) is 23.6 Å². The number of sulfone groups is 1. The first-order chi connectivity index (χ1) is 15.3. The lowest BCUT2D eigenvalue weighted by atomic mass is 10.1. The van der Waals surface area contributed by atoms with Crippen molar-refractivity contribution in [2.24, 2.45) is 0 Å². The predicted octanol–water partition coefficient (Wildman–Crippen LogP) is 5.58. The minimum absolute atomic E-state index is 0.176. The number of anilines is 1. The minimum atomic E-state index is -3.51. The van der Waals surface area contributed by atoms with Crippen molar-refractivity contribution in [1.29, 1.82) is 0 Å². The summed E-state index contributed by atoms with van der Waals surface area (Å²) in [5, 5.41) is 2.98. The fourth-order valence-corrected chi connectivity index (χ4v) is 7.12. The lowest BCUT2D eigenvalue weighted by molar-refractivity contribution is 0.404. The summed E-state index contributed by atoms with van der Waals surface area (Å²) in [4.78, 5) is 7.08. The molecule has 1 fully saturated rings. The summed E-state index contributed by atoms with van der Waals surface area (Å²) in [7, 11) is -0.270. The minimum Gasteiger partial charge on any atom is -0.497 e. The molecule has 2 aromatic carbocycles. The van der Waals surface area contributed by atoms with E-state index in [4.69, 9.17) is 37.7 Å². The molecule has 0 amide bonds. The summed E-state index contributed by atoms with van der Waals surface area (Å²) in [6, 6.07) is 10.0. The number of thiazole rings is 1. The number of methoxy groups -OCH3 is 2. The van der Waals surface area contributed by atoms with E-state index in [9.17, 15) is 8.42 Å². The van der Waals surface area contributed by atoms with Crippen LogP contribution in [0.5, 0.6) is 11.5 Å². The number of rotatable bonds is 6. The van der Waals surface area contributed by atoms with Gasteiger partial charge in [-0.05, 0) is 49.2 Å². The quantitative estimate of drug-likeness (QED) is 0.429. The molecule has 0 unspecified atom stereocenters. The maximum absolute atomic E-state index is 13.1. The van der Waals surface area contributed by atoms with Crippen LogP contribution in [-0.2, 0) is 9.84 Å². The SMILES string of the molecule is COc1ccc(OC)c(-c2csc(N3CCC(S(=O)(=O)c4cc(Cl)cc(Cl)c4)CC3)n2)c1. The molecule has 0 aliphatic carbocycles. The van der Waals surface area contributed by atoms with Gasteiger partial charge in [0.1, 0.15) is 11.5 Å². The highest BCUT2D eigenvalue weighted by Gasteiger charge is 2.32. The Morgan fingerprint density at radius 1 is 1.03 bits per heavy atom. The molecule has 2 heterocycles. The summed E-state index contributed by atoms with van der Waals surface area (Å²) < 4.78 is 37.0. The van der Waals surface area contributed by atoms with Crippen LogP contribution in [0.2, 0.25) is 10.0 Å². The number of benzene rings is 2. The van der Waals surface area contributed by atoms with Gasteiger partial charge in [0.15, 0.2) is 15.0 Å². The number of piperidine rings is 1. The molecule has 32 heavy (non-hydrogen) atoms. The summed E-state index contributed by atoms with van der Waals surface area (Å²) in [5.74, 6) is 1.44. The van der Waals surface area contributed by atoms with Crippen LogP contribution in [0.25, 0.3) is 11.3 Å². The van der Waals surface area contributed by atoms with E-state index in [2.05, 4.69) is 4.90 Å². The largest absolute Gasteiger partial charge is 0.497 e. The molecule has 170 valence electrons. The maximum atomic E-state index is 13.1. The molecule has 10 heteroatoms. The van der Waals surface area contributed by atoms with E-state index < -0.39 is 15.1 Å². The fraction of sp³-hybridized carbons (Fsp3) is 0.318. The maximum Gasteiger partial charge on any atom is 0.185 e. The Morgan fingerprint density at radius 3 is 2.34 bits per heavy atom. The van der Waals surface area contributed by atoms with Gasteiger partial charge in [-0.3, -0.25) is 0 Å². The normalized spacial score (nSPS) is 15.1. The third-order valence-electron chi connectivity index (χ3n) is 5.49.